The zero-order chi connectivity index (χ0) is 18.2. The summed E-state index contributed by atoms with van der Waals surface area (Å²) in [5.41, 5.74) is 1.63. The molecular formula is C23H29NO2. The van der Waals surface area contributed by atoms with E-state index in [1.54, 1.807) is 7.11 Å². The van der Waals surface area contributed by atoms with Gasteiger partial charge in [-0.15, -0.1) is 0 Å². The van der Waals surface area contributed by atoms with E-state index in [0.717, 1.165) is 50.1 Å². The average molecular weight is 351 g/mol. The summed E-state index contributed by atoms with van der Waals surface area (Å²) in [5, 5.41) is 11.7. The van der Waals surface area contributed by atoms with Crippen molar-refractivity contribution in [1.29, 1.82) is 0 Å². The second kappa shape index (κ2) is 6.71. The predicted molar refractivity (Wildman–Crippen MR) is 104 cm³/mol. The number of piperidine rings is 1. The summed E-state index contributed by atoms with van der Waals surface area (Å²) in [4.78, 5) is 2.44. The van der Waals surface area contributed by atoms with Crippen molar-refractivity contribution in [2.45, 2.75) is 36.7 Å². The predicted octanol–water partition coefficient (Wildman–Crippen LogP) is 3.96. The number of hydrogen-bond acceptors (Lipinski definition) is 3. The van der Waals surface area contributed by atoms with Crippen molar-refractivity contribution < 1.29 is 9.84 Å². The highest BCUT2D eigenvalue weighted by atomic mass is 16.5. The van der Waals surface area contributed by atoms with Gasteiger partial charge in [0.1, 0.15) is 5.75 Å². The number of methoxy groups -OCH3 is 1. The first-order valence-electron chi connectivity index (χ1n) is 9.67. The van der Waals surface area contributed by atoms with Crippen LogP contribution in [0.4, 0.5) is 0 Å². The van der Waals surface area contributed by atoms with Gasteiger partial charge in [0.05, 0.1) is 12.7 Å². The summed E-state index contributed by atoms with van der Waals surface area (Å²) < 4.78 is 5.51. The molecule has 2 aromatic carbocycles. The minimum atomic E-state index is -0.753. The smallest absolute Gasteiger partial charge is 0.119 e. The highest BCUT2D eigenvalue weighted by Gasteiger charge is 2.52. The van der Waals surface area contributed by atoms with Crippen LogP contribution in [0.1, 0.15) is 36.8 Å². The number of aliphatic hydroxyl groups is 1. The van der Waals surface area contributed by atoms with Crippen LogP contribution in [0.3, 0.4) is 0 Å². The van der Waals surface area contributed by atoms with Gasteiger partial charge >= 0.3 is 0 Å². The molecule has 3 atom stereocenters. The zero-order valence-electron chi connectivity index (χ0n) is 15.8. The first-order chi connectivity index (χ1) is 12.6. The Morgan fingerprint density at radius 3 is 2.58 bits per heavy atom. The fourth-order valence-electron chi connectivity index (χ4n) is 5.27. The van der Waals surface area contributed by atoms with Crippen LogP contribution in [0.2, 0.25) is 0 Å². The van der Waals surface area contributed by atoms with Crippen LogP contribution >= 0.6 is 0 Å². The Hall–Kier alpha value is -1.84. The maximum absolute atomic E-state index is 11.7. The molecule has 26 heavy (non-hydrogen) atoms. The fraction of sp³-hybridized carbons (Fsp3) is 0.478. The van der Waals surface area contributed by atoms with E-state index >= 15 is 0 Å². The molecule has 1 heterocycles. The SMILES string of the molecule is COc1cccc([C@@]23CCN(C)C[C@H]2CCC(O)(c2ccccc2)C3)c1. The van der Waals surface area contributed by atoms with Gasteiger partial charge in [0, 0.05) is 12.0 Å². The molecule has 0 bridgehead atoms. The second-order valence-electron chi connectivity index (χ2n) is 8.21. The van der Waals surface area contributed by atoms with Crippen LogP contribution in [0.25, 0.3) is 0 Å². The number of ether oxygens (including phenoxy) is 1. The molecule has 0 amide bonds. The first-order valence-corrected chi connectivity index (χ1v) is 9.67. The zero-order valence-corrected chi connectivity index (χ0v) is 15.8. The highest BCUT2D eigenvalue weighted by Crippen LogP contribution is 2.55. The average Bonchev–Trinajstić information content (AvgIpc) is 2.69. The molecule has 1 saturated heterocycles. The van der Waals surface area contributed by atoms with Gasteiger partial charge < -0.3 is 14.7 Å². The fourth-order valence-corrected chi connectivity index (χ4v) is 5.27. The van der Waals surface area contributed by atoms with Crippen LogP contribution in [0.5, 0.6) is 5.75 Å². The molecule has 0 aromatic heterocycles. The van der Waals surface area contributed by atoms with Gasteiger partial charge in [0.25, 0.3) is 0 Å². The quantitative estimate of drug-likeness (QED) is 0.909. The summed E-state index contributed by atoms with van der Waals surface area (Å²) in [6.07, 6.45) is 3.75. The monoisotopic (exact) mass is 351 g/mol. The topological polar surface area (TPSA) is 32.7 Å². The molecule has 1 aliphatic carbocycles. The summed E-state index contributed by atoms with van der Waals surface area (Å²) in [7, 11) is 3.94. The van der Waals surface area contributed by atoms with Crippen molar-refractivity contribution in [3.05, 3.63) is 65.7 Å². The maximum Gasteiger partial charge on any atom is 0.119 e. The van der Waals surface area contributed by atoms with Gasteiger partial charge in [-0.05, 0) is 68.5 Å². The molecule has 2 aliphatic rings. The van der Waals surface area contributed by atoms with Crippen molar-refractivity contribution in [1.82, 2.24) is 4.90 Å². The lowest BCUT2D eigenvalue weighted by molar-refractivity contribution is -0.0743. The van der Waals surface area contributed by atoms with Crippen LogP contribution < -0.4 is 4.74 Å². The Balaban J connectivity index is 1.78. The van der Waals surface area contributed by atoms with Crippen LogP contribution in [-0.2, 0) is 11.0 Å². The molecule has 4 rings (SSSR count). The van der Waals surface area contributed by atoms with E-state index in [4.69, 9.17) is 4.74 Å². The third kappa shape index (κ3) is 2.93. The van der Waals surface area contributed by atoms with E-state index < -0.39 is 5.60 Å². The van der Waals surface area contributed by atoms with E-state index in [1.807, 2.05) is 24.3 Å². The van der Waals surface area contributed by atoms with Gasteiger partial charge in [-0.25, -0.2) is 0 Å². The summed E-state index contributed by atoms with van der Waals surface area (Å²) in [5.74, 6) is 1.47. The highest BCUT2D eigenvalue weighted by molar-refractivity contribution is 5.38. The minimum absolute atomic E-state index is 0.00386. The van der Waals surface area contributed by atoms with Crippen LogP contribution in [-0.4, -0.2) is 37.3 Å². The summed E-state index contributed by atoms with van der Waals surface area (Å²) in [6, 6.07) is 18.8. The first kappa shape index (κ1) is 17.6. The molecule has 1 saturated carbocycles. The molecule has 0 spiro atoms. The normalized spacial score (nSPS) is 32.0. The number of nitrogens with zero attached hydrogens (tertiary/aromatic N) is 1. The van der Waals surface area contributed by atoms with Crippen molar-refractivity contribution in [3.8, 4) is 5.75 Å². The molecular weight excluding hydrogens is 322 g/mol. The number of likely N-dealkylation sites (tertiary alicyclic amines) is 1. The Bertz CT molecular complexity index is 762. The molecule has 1 N–H and O–H groups in total. The van der Waals surface area contributed by atoms with Crippen molar-refractivity contribution in [2.24, 2.45) is 5.92 Å². The lowest BCUT2D eigenvalue weighted by atomic mass is 9.54. The number of rotatable bonds is 3. The van der Waals surface area contributed by atoms with E-state index in [1.165, 1.54) is 5.56 Å². The van der Waals surface area contributed by atoms with E-state index in [2.05, 4.69) is 42.3 Å². The van der Waals surface area contributed by atoms with Gasteiger partial charge in [0.2, 0.25) is 0 Å². The minimum Gasteiger partial charge on any atom is -0.497 e. The Kier molecular flexibility index (Phi) is 4.54. The molecule has 3 nitrogen and oxygen atoms in total. The lowest BCUT2D eigenvalue weighted by Crippen LogP contribution is -2.55. The molecule has 1 aliphatic heterocycles. The van der Waals surface area contributed by atoms with E-state index in [-0.39, 0.29) is 5.41 Å². The van der Waals surface area contributed by atoms with Crippen LogP contribution in [0.15, 0.2) is 54.6 Å². The van der Waals surface area contributed by atoms with Gasteiger partial charge in [-0.2, -0.15) is 0 Å². The van der Waals surface area contributed by atoms with Crippen LogP contribution in [0, 0.1) is 5.92 Å². The van der Waals surface area contributed by atoms with Crippen molar-refractivity contribution in [2.75, 3.05) is 27.2 Å². The van der Waals surface area contributed by atoms with Gasteiger partial charge in [0.15, 0.2) is 0 Å². The number of hydrogen-bond donors (Lipinski definition) is 1. The molecule has 1 unspecified atom stereocenters. The maximum atomic E-state index is 11.7. The third-order valence-corrected chi connectivity index (χ3v) is 6.72. The summed E-state index contributed by atoms with van der Waals surface area (Å²) in [6.45, 7) is 2.17. The molecule has 138 valence electrons. The van der Waals surface area contributed by atoms with Crippen molar-refractivity contribution >= 4 is 0 Å². The van der Waals surface area contributed by atoms with Gasteiger partial charge in [-0.3, -0.25) is 0 Å². The number of benzene rings is 2. The molecule has 2 fully saturated rings. The van der Waals surface area contributed by atoms with E-state index in [0.29, 0.717) is 5.92 Å². The second-order valence-corrected chi connectivity index (χ2v) is 8.21. The standard InChI is InChI=1S/C23H29NO2/c1-24-14-13-22(19-9-6-10-21(15-19)26-2)17-23(25,12-11-20(22)16-24)18-7-4-3-5-8-18/h3-10,15,20,25H,11-14,16-17H2,1-2H3/t20-,22+,23?/m1/s1. The van der Waals surface area contributed by atoms with E-state index in [9.17, 15) is 5.11 Å². The molecule has 2 aromatic rings. The Morgan fingerprint density at radius 2 is 1.81 bits per heavy atom. The lowest BCUT2D eigenvalue weighted by Gasteiger charge is -2.55. The third-order valence-electron chi connectivity index (χ3n) is 6.72. The Morgan fingerprint density at radius 1 is 1.04 bits per heavy atom. The van der Waals surface area contributed by atoms with Gasteiger partial charge in [-0.1, -0.05) is 42.5 Å². The largest absolute Gasteiger partial charge is 0.497 e. The Labute approximate surface area is 156 Å². The molecule has 0 radical (unpaired) electrons. The van der Waals surface area contributed by atoms with Crippen molar-refractivity contribution in [3.63, 3.8) is 0 Å². The number of fused-ring (bicyclic) bond motifs is 1. The molecule has 3 heteroatoms. The summed E-state index contributed by atoms with van der Waals surface area (Å²) >= 11 is 0.